The molecule has 1 aliphatic carbocycles. The van der Waals surface area contributed by atoms with Crippen LogP contribution in [0.2, 0.25) is 0 Å². The number of hydrogen-bond acceptors (Lipinski definition) is 4. The van der Waals surface area contributed by atoms with Gasteiger partial charge < -0.3 is 20.1 Å². The standard InChI is InChI=1S/C20H20N2O4/c23-19(14-4-6-16(7-5-14)22-20(24)15-2-3-15)21-12-13-1-8-17-18(11-13)26-10-9-25-17/h1,4-8,11,15H,2-3,9-10,12H2,(H,21,23)(H,22,24). The Morgan fingerprint density at radius 1 is 0.962 bits per heavy atom. The Bertz CT molecular complexity index is 828. The van der Waals surface area contributed by atoms with Crippen molar-refractivity contribution < 1.29 is 19.1 Å². The van der Waals surface area contributed by atoms with Gasteiger partial charge in [0, 0.05) is 23.7 Å². The summed E-state index contributed by atoms with van der Waals surface area (Å²) in [4.78, 5) is 24.0. The molecule has 26 heavy (non-hydrogen) atoms. The summed E-state index contributed by atoms with van der Waals surface area (Å²) in [7, 11) is 0. The van der Waals surface area contributed by atoms with Gasteiger partial charge in [0.25, 0.3) is 5.91 Å². The normalized spacial score (nSPS) is 15.2. The predicted octanol–water partition coefficient (Wildman–Crippen LogP) is 2.74. The fourth-order valence-electron chi connectivity index (χ4n) is 2.78. The van der Waals surface area contributed by atoms with E-state index in [-0.39, 0.29) is 17.7 Å². The van der Waals surface area contributed by atoms with Gasteiger partial charge in [-0.1, -0.05) is 6.07 Å². The minimum absolute atomic E-state index is 0.0563. The number of rotatable bonds is 5. The second-order valence-electron chi connectivity index (χ2n) is 6.50. The maximum Gasteiger partial charge on any atom is 0.251 e. The fourth-order valence-corrected chi connectivity index (χ4v) is 2.78. The highest BCUT2D eigenvalue weighted by Crippen LogP contribution is 2.31. The highest BCUT2D eigenvalue weighted by Gasteiger charge is 2.29. The molecule has 2 aliphatic rings. The van der Waals surface area contributed by atoms with E-state index >= 15 is 0 Å². The van der Waals surface area contributed by atoms with Gasteiger partial charge in [-0.05, 0) is 54.8 Å². The number of anilines is 1. The summed E-state index contributed by atoms with van der Waals surface area (Å²) in [6.07, 6.45) is 1.93. The summed E-state index contributed by atoms with van der Waals surface area (Å²) in [6.45, 7) is 1.49. The Hall–Kier alpha value is -3.02. The molecule has 2 N–H and O–H groups in total. The first-order valence-corrected chi connectivity index (χ1v) is 8.77. The van der Waals surface area contributed by atoms with Crippen molar-refractivity contribution in [1.82, 2.24) is 5.32 Å². The lowest BCUT2D eigenvalue weighted by molar-refractivity contribution is -0.117. The van der Waals surface area contributed by atoms with Crippen molar-refractivity contribution in [3.8, 4) is 11.5 Å². The summed E-state index contributed by atoms with van der Waals surface area (Å²) < 4.78 is 11.0. The van der Waals surface area contributed by atoms with Crippen LogP contribution in [0.25, 0.3) is 0 Å². The van der Waals surface area contributed by atoms with Gasteiger partial charge in [-0.3, -0.25) is 9.59 Å². The number of carbonyl (C=O) groups excluding carboxylic acids is 2. The lowest BCUT2D eigenvalue weighted by Gasteiger charge is -2.19. The van der Waals surface area contributed by atoms with Crippen molar-refractivity contribution in [3.63, 3.8) is 0 Å². The SMILES string of the molecule is O=C(NCc1ccc2c(c1)OCCO2)c1ccc(NC(=O)C2CC2)cc1. The second kappa shape index (κ2) is 7.07. The summed E-state index contributed by atoms with van der Waals surface area (Å²) in [5, 5.41) is 5.75. The molecule has 6 heteroatoms. The molecular formula is C20H20N2O4. The van der Waals surface area contributed by atoms with Crippen LogP contribution in [-0.4, -0.2) is 25.0 Å². The van der Waals surface area contributed by atoms with Crippen molar-refractivity contribution in [3.05, 3.63) is 53.6 Å². The molecule has 0 atom stereocenters. The minimum atomic E-state index is -0.167. The van der Waals surface area contributed by atoms with Crippen LogP contribution in [0.1, 0.15) is 28.8 Å². The Kier molecular flexibility index (Phi) is 4.48. The van der Waals surface area contributed by atoms with Gasteiger partial charge in [0.05, 0.1) is 0 Å². The molecule has 6 nitrogen and oxygen atoms in total. The van der Waals surface area contributed by atoms with E-state index in [2.05, 4.69) is 10.6 Å². The molecule has 0 radical (unpaired) electrons. The number of hydrogen-bond donors (Lipinski definition) is 2. The number of carbonyl (C=O) groups is 2. The Balaban J connectivity index is 1.33. The number of fused-ring (bicyclic) bond motifs is 1. The smallest absolute Gasteiger partial charge is 0.251 e. The van der Waals surface area contributed by atoms with Crippen LogP contribution in [0.5, 0.6) is 11.5 Å². The van der Waals surface area contributed by atoms with Gasteiger partial charge in [-0.2, -0.15) is 0 Å². The Labute approximate surface area is 151 Å². The quantitative estimate of drug-likeness (QED) is 0.867. The van der Waals surface area contributed by atoms with Crippen molar-refractivity contribution in [2.45, 2.75) is 19.4 Å². The molecule has 1 aliphatic heterocycles. The molecule has 1 heterocycles. The zero-order valence-electron chi connectivity index (χ0n) is 14.3. The molecule has 2 amide bonds. The molecule has 0 unspecified atom stereocenters. The van der Waals surface area contributed by atoms with E-state index in [1.54, 1.807) is 24.3 Å². The molecule has 2 aromatic rings. The zero-order chi connectivity index (χ0) is 17.9. The topological polar surface area (TPSA) is 76.7 Å². The highest BCUT2D eigenvalue weighted by atomic mass is 16.6. The van der Waals surface area contributed by atoms with Crippen LogP contribution in [0.3, 0.4) is 0 Å². The van der Waals surface area contributed by atoms with E-state index in [0.717, 1.165) is 24.2 Å². The van der Waals surface area contributed by atoms with Gasteiger partial charge >= 0.3 is 0 Å². The predicted molar refractivity (Wildman–Crippen MR) is 96.4 cm³/mol. The largest absolute Gasteiger partial charge is 0.486 e. The van der Waals surface area contributed by atoms with Crippen molar-refractivity contribution in [1.29, 1.82) is 0 Å². The molecule has 1 saturated carbocycles. The lowest BCUT2D eigenvalue weighted by atomic mass is 10.1. The first-order chi connectivity index (χ1) is 12.7. The van der Waals surface area contributed by atoms with E-state index in [0.29, 0.717) is 36.8 Å². The number of amides is 2. The maximum atomic E-state index is 12.3. The van der Waals surface area contributed by atoms with E-state index in [4.69, 9.17) is 9.47 Å². The van der Waals surface area contributed by atoms with E-state index < -0.39 is 0 Å². The second-order valence-corrected chi connectivity index (χ2v) is 6.50. The first-order valence-electron chi connectivity index (χ1n) is 8.77. The van der Waals surface area contributed by atoms with Crippen LogP contribution in [0.15, 0.2) is 42.5 Å². The molecular weight excluding hydrogens is 332 g/mol. The molecule has 0 spiro atoms. The number of nitrogens with one attached hydrogen (secondary N) is 2. The van der Waals surface area contributed by atoms with Gasteiger partial charge in [0.15, 0.2) is 11.5 Å². The summed E-state index contributed by atoms with van der Waals surface area (Å²) in [5.74, 6) is 1.48. The molecule has 0 saturated heterocycles. The fraction of sp³-hybridized carbons (Fsp3) is 0.300. The van der Waals surface area contributed by atoms with Crippen LogP contribution in [0, 0.1) is 5.92 Å². The average Bonchev–Trinajstić information content (AvgIpc) is 3.52. The van der Waals surface area contributed by atoms with Crippen LogP contribution >= 0.6 is 0 Å². The van der Waals surface area contributed by atoms with Gasteiger partial charge in [-0.25, -0.2) is 0 Å². The third-order valence-corrected chi connectivity index (χ3v) is 4.42. The Morgan fingerprint density at radius 3 is 2.42 bits per heavy atom. The van der Waals surface area contributed by atoms with Crippen LogP contribution < -0.4 is 20.1 Å². The molecule has 2 aromatic carbocycles. The minimum Gasteiger partial charge on any atom is -0.486 e. The first kappa shape index (κ1) is 16.4. The zero-order valence-corrected chi connectivity index (χ0v) is 14.3. The monoisotopic (exact) mass is 352 g/mol. The number of benzene rings is 2. The maximum absolute atomic E-state index is 12.3. The van der Waals surface area contributed by atoms with Crippen molar-refractivity contribution in [2.24, 2.45) is 5.92 Å². The third-order valence-electron chi connectivity index (χ3n) is 4.42. The molecule has 1 fully saturated rings. The number of ether oxygens (including phenoxy) is 2. The van der Waals surface area contributed by atoms with Gasteiger partial charge in [0.2, 0.25) is 5.91 Å². The van der Waals surface area contributed by atoms with E-state index in [1.807, 2.05) is 18.2 Å². The summed E-state index contributed by atoms with van der Waals surface area (Å²) in [6, 6.07) is 12.6. The van der Waals surface area contributed by atoms with E-state index in [1.165, 1.54) is 0 Å². The summed E-state index contributed by atoms with van der Waals surface area (Å²) in [5.41, 5.74) is 2.20. The van der Waals surface area contributed by atoms with Crippen molar-refractivity contribution >= 4 is 17.5 Å². The third kappa shape index (κ3) is 3.79. The van der Waals surface area contributed by atoms with Gasteiger partial charge in [0.1, 0.15) is 13.2 Å². The van der Waals surface area contributed by atoms with Gasteiger partial charge in [-0.15, -0.1) is 0 Å². The van der Waals surface area contributed by atoms with Crippen LogP contribution in [-0.2, 0) is 11.3 Å². The summed E-state index contributed by atoms with van der Waals surface area (Å²) >= 11 is 0. The van der Waals surface area contributed by atoms with Crippen LogP contribution in [0.4, 0.5) is 5.69 Å². The average molecular weight is 352 g/mol. The van der Waals surface area contributed by atoms with E-state index in [9.17, 15) is 9.59 Å². The molecule has 0 bridgehead atoms. The molecule has 134 valence electrons. The molecule has 0 aromatic heterocycles. The van der Waals surface area contributed by atoms with Crippen molar-refractivity contribution in [2.75, 3.05) is 18.5 Å². The highest BCUT2D eigenvalue weighted by molar-refractivity contribution is 5.96. The Morgan fingerprint density at radius 2 is 1.69 bits per heavy atom. The lowest BCUT2D eigenvalue weighted by Crippen LogP contribution is -2.23. The molecule has 4 rings (SSSR count).